The Bertz CT molecular complexity index is 2810. The van der Waals surface area contributed by atoms with Gasteiger partial charge in [-0.2, -0.15) is 0 Å². The van der Waals surface area contributed by atoms with Gasteiger partial charge in [-0.25, -0.2) is 0 Å². The second kappa shape index (κ2) is 16.1. The van der Waals surface area contributed by atoms with Gasteiger partial charge in [0.25, 0.3) is 0 Å². The number of nitrogens with zero attached hydrogens (tertiary/aromatic N) is 2. The number of rotatable bonds is 9. The van der Waals surface area contributed by atoms with Crippen LogP contribution in [-0.4, -0.2) is 0 Å². The van der Waals surface area contributed by atoms with Gasteiger partial charge >= 0.3 is 0 Å². The molecule has 6 aliphatic carbocycles. The molecule has 0 N–H and O–H groups in total. The van der Waals surface area contributed by atoms with E-state index < -0.39 is 0 Å². The van der Waals surface area contributed by atoms with Crippen molar-refractivity contribution >= 4 is 34.1 Å². The molecular weight excluding hydrogens is 809 g/mol. The van der Waals surface area contributed by atoms with E-state index in [9.17, 15) is 0 Å². The summed E-state index contributed by atoms with van der Waals surface area (Å²) in [6.45, 7) is 12.2. The van der Waals surface area contributed by atoms with E-state index in [2.05, 4.69) is 220 Å². The molecule has 0 radical (unpaired) electrons. The highest BCUT2D eigenvalue weighted by atomic mass is 15.1. The average molecular weight is 877 g/mol. The molecule has 2 atom stereocenters. The van der Waals surface area contributed by atoms with Gasteiger partial charge in [0.05, 0.1) is 0 Å². The Morgan fingerprint density at radius 1 is 0.433 bits per heavy atom. The summed E-state index contributed by atoms with van der Waals surface area (Å²) in [4.78, 5) is 4.93. The molecule has 0 amide bonds. The first-order valence-corrected chi connectivity index (χ1v) is 25.7. The number of hydrogen-bond acceptors (Lipinski definition) is 2. The number of fused-ring (bicyclic) bond motifs is 3. The first-order chi connectivity index (χ1) is 32.5. The standard InChI is InChI=1S/C65H68N2/c1-62(2,3)51-15-14-36-65(44-51,49-24-30-54(31-25-49)66(52-16-8-6-9-17-52)53-18-10-7-11-19-53)50-26-32-56(33-27-50)67(57-34-35-59-58-20-12-13-21-60(58)63(4,5)61(59)40-57)55-28-22-48(23-29-55)64-41-45-37-46(42-64)39-47(38-45)43-64/h6-13,16-35,40,45-47,51H,14-15,36-39,41-44H2,1-5H3. The largest absolute Gasteiger partial charge is 0.311 e. The van der Waals surface area contributed by atoms with Crippen LogP contribution in [-0.2, 0) is 16.2 Å². The third-order valence-electron chi connectivity index (χ3n) is 18.0. The molecular formula is C65H68N2. The molecule has 7 aromatic rings. The number of benzene rings is 7. The van der Waals surface area contributed by atoms with Crippen molar-refractivity contribution in [1.82, 2.24) is 0 Å². The van der Waals surface area contributed by atoms with Crippen LogP contribution in [0.15, 0.2) is 176 Å². The Hall–Kier alpha value is -5.86. The number of anilines is 6. The molecule has 4 bridgehead atoms. The fourth-order valence-corrected chi connectivity index (χ4v) is 14.9. The zero-order valence-electron chi connectivity index (χ0n) is 40.5. The molecule has 2 unspecified atom stereocenters. The van der Waals surface area contributed by atoms with Gasteiger partial charge in [-0.15, -0.1) is 0 Å². The molecule has 7 aromatic carbocycles. The molecule has 0 saturated heterocycles. The number of hydrogen-bond donors (Lipinski definition) is 0. The van der Waals surface area contributed by atoms with Crippen molar-refractivity contribution in [3.8, 4) is 11.1 Å². The Labute approximate surface area is 401 Å². The summed E-state index contributed by atoms with van der Waals surface area (Å²) in [6, 6.07) is 67.4. The van der Waals surface area contributed by atoms with Gasteiger partial charge in [-0.3, -0.25) is 0 Å². The Morgan fingerprint density at radius 3 is 1.39 bits per heavy atom. The molecule has 338 valence electrons. The zero-order chi connectivity index (χ0) is 45.5. The molecule has 13 rings (SSSR count). The molecule has 5 fully saturated rings. The van der Waals surface area contributed by atoms with Gasteiger partial charge in [0, 0.05) is 45.0 Å². The molecule has 6 aliphatic rings. The second-order valence-electron chi connectivity index (χ2n) is 23.3. The van der Waals surface area contributed by atoms with Crippen molar-refractivity contribution in [3.63, 3.8) is 0 Å². The van der Waals surface area contributed by atoms with E-state index in [0.717, 1.165) is 30.6 Å². The summed E-state index contributed by atoms with van der Waals surface area (Å²) in [7, 11) is 0. The van der Waals surface area contributed by atoms with Crippen molar-refractivity contribution in [2.24, 2.45) is 29.1 Å². The lowest BCUT2D eigenvalue weighted by Crippen LogP contribution is -2.48. The second-order valence-corrected chi connectivity index (χ2v) is 23.3. The molecule has 5 saturated carbocycles. The fraction of sp³-hybridized carbons (Fsp3) is 0.354. The normalized spacial score (nSPS) is 25.6. The van der Waals surface area contributed by atoms with Crippen LogP contribution in [0.1, 0.15) is 127 Å². The highest BCUT2D eigenvalue weighted by molar-refractivity contribution is 5.86. The van der Waals surface area contributed by atoms with Crippen molar-refractivity contribution < 1.29 is 0 Å². The Balaban J connectivity index is 0.942. The summed E-state index contributed by atoms with van der Waals surface area (Å²) in [5.74, 6) is 3.42. The quantitative estimate of drug-likeness (QED) is 0.143. The van der Waals surface area contributed by atoms with Gasteiger partial charge in [-0.05, 0) is 204 Å². The maximum atomic E-state index is 2.55. The minimum Gasteiger partial charge on any atom is -0.311 e. The van der Waals surface area contributed by atoms with E-state index in [4.69, 9.17) is 0 Å². The molecule has 0 aromatic heterocycles. The topological polar surface area (TPSA) is 6.48 Å². The number of para-hydroxylation sites is 2. The van der Waals surface area contributed by atoms with Crippen LogP contribution in [0.2, 0.25) is 0 Å². The van der Waals surface area contributed by atoms with Gasteiger partial charge in [-0.1, -0.05) is 144 Å². The van der Waals surface area contributed by atoms with Crippen molar-refractivity contribution in [2.75, 3.05) is 9.80 Å². The van der Waals surface area contributed by atoms with Crippen LogP contribution < -0.4 is 9.80 Å². The van der Waals surface area contributed by atoms with Crippen molar-refractivity contribution in [3.05, 3.63) is 204 Å². The Morgan fingerprint density at radius 2 is 0.866 bits per heavy atom. The fourth-order valence-electron chi connectivity index (χ4n) is 14.9. The first kappa shape index (κ1) is 42.5. The highest BCUT2D eigenvalue weighted by Gasteiger charge is 2.51. The van der Waals surface area contributed by atoms with E-state index >= 15 is 0 Å². The minimum absolute atomic E-state index is 0.0778. The lowest BCUT2D eigenvalue weighted by molar-refractivity contribution is -0.00518. The van der Waals surface area contributed by atoms with Gasteiger partial charge < -0.3 is 9.80 Å². The molecule has 0 spiro atoms. The summed E-state index contributed by atoms with van der Waals surface area (Å²) < 4.78 is 0. The summed E-state index contributed by atoms with van der Waals surface area (Å²) >= 11 is 0. The van der Waals surface area contributed by atoms with Crippen LogP contribution >= 0.6 is 0 Å². The van der Waals surface area contributed by atoms with E-state index in [1.165, 1.54) is 119 Å². The van der Waals surface area contributed by atoms with Gasteiger partial charge in [0.1, 0.15) is 0 Å². The van der Waals surface area contributed by atoms with E-state index in [0.29, 0.717) is 11.3 Å². The minimum atomic E-state index is -0.0920. The zero-order valence-corrected chi connectivity index (χ0v) is 40.5. The van der Waals surface area contributed by atoms with Crippen LogP contribution in [0.3, 0.4) is 0 Å². The third-order valence-corrected chi connectivity index (χ3v) is 18.0. The smallest absolute Gasteiger partial charge is 0.0465 e. The van der Waals surface area contributed by atoms with E-state index in [1.807, 2.05) is 0 Å². The molecule has 0 aliphatic heterocycles. The summed E-state index contributed by atoms with van der Waals surface area (Å²) in [5.41, 5.74) is 17.7. The Kier molecular flexibility index (Phi) is 10.2. The molecule has 67 heavy (non-hydrogen) atoms. The van der Waals surface area contributed by atoms with Gasteiger partial charge in [0.2, 0.25) is 0 Å². The van der Waals surface area contributed by atoms with Crippen LogP contribution in [0.5, 0.6) is 0 Å². The molecule has 0 heterocycles. The monoisotopic (exact) mass is 877 g/mol. The highest BCUT2D eigenvalue weighted by Crippen LogP contribution is 2.61. The van der Waals surface area contributed by atoms with Gasteiger partial charge in [0.15, 0.2) is 0 Å². The lowest BCUT2D eigenvalue weighted by atomic mass is 9.48. The predicted octanol–water partition coefficient (Wildman–Crippen LogP) is 17.9. The SMILES string of the molecule is CC1(C)c2ccccc2-c2ccc(N(c3ccc(C45CC6CC(CC(C6)C4)C5)cc3)c3ccc(C4(c5ccc(N(c6ccccc6)c6ccccc6)cc5)CCCC(C(C)(C)C)C4)cc3)cc21. The van der Waals surface area contributed by atoms with E-state index in [-0.39, 0.29) is 16.2 Å². The lowest BCUT2D eigenvalue weighted by Gasteiger charge is -2.57. The maximum Gasteiger partial charge on any atom is 0.0465 e. The first-order valence-electron chi connectivity index (χ1n) is 25.7. The van der Waals surface area contributed by atoms with Crippen molar-refractivity contribution in [2.45, 2.75) is 115 Å². The van der Waals surface area contributed by atoms with Crippen molar-refractivity contribution in [1.29, 1.82) is 0 Å². The van der Waals surface area contributed by atoms with E-state index in [1.54, 1.807) is 5.56 Å². The molecule has 2 heteroatoms. The average Bonchev–Trinajstić information content (AvgIpc) is 3.57. The predicted molar refractivity (Wildman–Crippen MR) is 282 cm³/mol. The van der Waals surface area contributed by atoms with Crippen LogP contribution in [0, 0.1) is 29.1 Å². The molecule has 2 nitrogen and oxygen atoms in total. The summed E-state index contributed by atoms with van der Waals surface area (Å²) in [5, 5.41) is 0. The third kappa shape index (κ3) is 7.28. The van der Waals surface area contributed by atoms with Crippen LogP contribution in [0.4, 0.5) is 34.1 Å². The van der Waals surface area contributed by atoms with Crippen LogP contribution in [0.25, 0.3) is 11.1 Å². The maximum absolute atomic E-state index is 2.55. The summed E-state index contributed by atoms with van der Waals surface area (Å²) in [6.07, 6.45) is 13.4.